The van der Waals surface area contributed by atoms with Crippen molar-refractivity contribution in [3.8, 4) is 5.69 Å². The van der Waals surface area contributed by atoms with Crippen molar-refractivity contribution in [3.05, 3.63) is 75.5 Å². The van der Waals surface area contributed by atoms with E-state index < -0.39 is 16.4 Å². The van der Waals surface area contributed by atoms with Crippen LogP contribution in [0.2, 0.25) is 0 Å². The third-order valence-electron chi connectivity index (χ3n) is 4.74. The number of nitro groups is 1. The number of benzene rings is 2. The van der Waals surface area contributed by atoms with Crippen molar-refractivity contribution in [3.63, 3.8) is 0 Å². The van der Waals surface area contributed by atoms with Crippen molar-refractivity contribution >= 4 is 51.1 Å². The Bertz CT molecular complexity index is 1570. The highest BCUT2D eigenvalue weighted by Gasteiger charge is 2.19. The summed E-state index contributed by atoms with van der Waals surface area (Å²) in [5, 5.41) is 18.3. The third-order valence-corrected chi connectivity index (χ3v) is 5.28. The minimum Gasteiger partial charge on any atom is -0.323 e. The fraction of sp³-hybridized carbons (Fsp3) is 0.0526. The number of fused-ring (bicyclic) bond motifs is 2. The van der Waals surface area contributed by atoms with Crippen molar-refractivity contribution in [2.45, 2.75) is 6.54 Å². The molecular weight excluding hydrogens is 436 g/mol. The first-order valence-electron chi connectivity index (χ1n) is 9.21. The van der Waals surface area contributed by atoms with E-state index in [0.717, 1.165) is 16.3 Å². The average molecular weight is 448 g/mol. The molecular formula is C19H12N8O4S. The van der Waals surface area contributed by atoms with Crippen molar-refractivity contribution < 1.29 is 9.72 Å². The Labute approximate surface area is 182 Å². The Morgan fingerprint density at radius 2 is 2.00 bits per heavy atom. The molecule has 0 fully saturated rings. The lowest BCUT2D eigenvalue weighted by Crippen LogP contribution is -2.28. The Morgan fingerprint density at radius 1 is 1.16 bits per heavy atom. The van der Waals surface area contributed by atoms with E-state index in [-0.39, 0.29) is 29.0 Å². The molecule has 13 heteroatoms. The van der Waals surface area contributed by atoms with Gasteiger partial charge in [-0.2, -0.15) is 13.8 Å². The first kappa shape index (κ1) is 19.4. The number of para-hydroxylation sites is 2. The lowest BCUT2D eigenvalue weighted by Gasteiger charge is -2.08. The van der Waals surface area contributed by atoms with Crippen LogP contribution in [0.3, 0.4) is 0 Å². The maximum atomic E-state index is 12.9. The number of hydrogen-bond acceptors (Lipinski definition) is 9. The van der Waals surface area contributed by atoms with E-state index in [2.05, 4.69) is 24.1 Å². The number of carbonyl (C=O) groups is 1. The second kappa shape index (κ2) is 7.63. The van der Waals surface area contributed by atoms with E-state index in [1.165, 1.54) is 35.4 Å². The lowest BCUT2D eigenvalue weighted by molar-refractivity contribution is -0.384. The highest BCUT2D eigenvalue weighted by molar-refractivity contribution is 7.00. The fourth-order valence-electron chi connectivity index (χ4n) is 3.29. The summed E-state index contributed by atoms with van der Waals surface area (Å²) in [5.41, 5.74) is 1.39. The van der Waals surface area contributed by atoms with Gasteiger partial charge in [0, 0.05) is 6.07 Å². The van der Waals surface area contributed by atoms with Crippen molar-refractivity contribution in [1.29, 1.82) is 0 Å². The van der Waals surface area contributed by atoms with Gasteiger partial charge in [-0.1, -0.05) is 18.2 Å². The molecule has 3 heterocycles. The summed E-state index contributed by atoms with van der Waals surface area (Å²) in [7, 11) is 0. The Kier molecular flexibility index (Phi) is 4.63. The molecule has 0 aliphatic rings. The van der Waals surface area contributed by atoms with Gasteiger partial charge in [0.1, 0.15) is 35.0 Å². The Hall–Kier alpha value is -4.52. The van der Waals surface area contributed by atoms with Gasteiger partial charge in [-0.05, 0) is 18.2 Å². The number of nitro benzene ring substituents is 1. The minimum absolute atomic E-state index is 0.129. The molecule has 12 nitrogen and oxygen atoms in total. The average Bonchev–Trinajstić information content (AvgIpc) is 3.43. The third kappa shape index (κ3) is 3.26. The molecule has 0 unspecified atom stereocenters. The summed E-state index contributed by atoms with van der Waals surface area (Å²) >= 11 is 1.04. The highest BCUT2D eigenvalue weighted by atomic mass is 32.1. The molecule has 5 rings (SSSR count). The molecule has 32 heavy (non-hydrogen) atoms. The largest absolute Gasteiger partial charge is 0.323 e. The molecule has 158 valence electrons. The molecule has 0 spiro atoms. The molecule has 0 atom stereocenters. The normalized spacial score (nSPS) is 11.1. The summed E-state index contributed by atoms with van der Waals surface area (Å²) in [4.78, 5) is 40.5. The summed E-state index contributed by atoms with van der Waals surface area (Å²) in [6.45, 7) is -0.285. The zero-order chi connectivity index (χ0) is 22.2. The maximum absolute atomic E-state index is 12.9. The van der Waals surface area contributed by atoms with E-state index in [1.807, 2.05) is 0 Å². The SMILES string of the molecule is O=C(Cn1cnc2c(cnn2-c2ccccc2[N+](=O)[O-])c1=O)Nc1cccc2nsnc12. The number of hydrogen-bond donors (Lipinski definition) is 1. The van der Waals surface area contributed by atoms with E-state index in [9.17, 15) is 19.7 Å². The van der Waals surface area contributed by atoms with Crippen molar-refractivity contribution in [1.82, 2.24) is 28.1 Å². The number of amides is 1. The molecule has 1 amide bonds. The predicted molar refractivity (Wildman–Crippen MR) is 116 cm³/mol. The Morgan fingerprint density at radius 3 is 2.84 bits per heavy atom. The molecule has 1 N–H and O–H groups in total. The molecule has 3 aromatic heterocycles. The number of carbonyl (C=O) groups excluding carboxylic acids is 1. The molecule has 5 aromatic rings. The van der Waals surface area contributed by atoms with Gasteiger partial charge in [0.05, 0.1) is 28.5 Å². The van der Waals surface area contributed by atoms with Crippen LogP contribution in [0.1, 0.15) is 0 Å². The molecule has 0 radical (unpaired) electrons. The van der Waals surface area contributed by atoms with E-state index >= 15 is 0 Å². The molecule has 2 aromatic carbocycles. The quantitative estimate of drug-likeness (QED) is 0.317. The fourth-order valence-corrected chi connectivity index (χ4v) is 3.84. The van der Waals surface area contributed by atoms with Crippen LogP contribution in [0, 0.1) is 10.1 Å². The van der Waals surface area contributed by atoms with Gasteiger partial charge in [0.25, 0.3) is 11.2 Å². The predicted octanol–water partition coefficient (Wildman–Crippen LogP) is 2.13. The smallest absolute Gasteiger partial charge is 0.294 e. The Balaban J connectivity index is 1.46. The van der Waals surface area contributed by atoms with Crippen LogP contribution in [-0.2, 0) is 11.3 Å². The molecule has 0 aliphatic heterocycles. The van der Waals surface area contributed by atoms with Crippen LogP contribution in [-0.4, -0.2) is 38.9 Å². The van der Waals surface area contributed by atoms with Crippen LogP contribution < -0.4 is 10.9 Å². The summed E-state index contributed by atoms with van der Waals surface area (Å²) in [6.07, 6.45) is 2.49. The lowest BCUT2D eigenvalue weighted by atomic mass is 10.2. The number of nitrogens with one attached hydrogen (secondary N) is 1. The van der Waals surface area contributed by atoms with Crippen molar-refractivity contribution in [2.24, 2.45) is 0 Å². The van der Waals surface area contributed by atoms with Crippen LogP contribution in [0.15, 0.2) is 59.8 Å². The van der Waals surface area contributed by atoms with E-state index in [4.69, 9.17) is 0 Å². The van der Waals surface area contributed by atoms with Crippen LogP contribution >= 0.6 is 11.7 Å². The summed E-state index contributed by atoms with van der Waals surface area (Å²) in [5.74, 6) is -0.445. The van der Waals surface area contributed by atoms with Crippen LogP contribution in [0.25, 0.3) is 27.8 Å². The van der Waals surface area contributed by atoms with Crippen molar-refractivity contribution in [2.75, 3.05) is 5.32 Å². The zero-order valence-corrected chi connectivity index (χ0v) is 16.9. The minimum atomic E-state index is -0.535. The second-order valence-corrected chi connectivity index (χ2v) is 7.23. The second-order valence-electron chi connectivity index (χ2n) is 6.70. The number of aromatic nitrogens is 6. The van der Waals surface area contributed by atoms with Gasteiger partial charge in [-0.25, -0.2) is 9.67 Å². The maximum Gasteiger partial charge on any atom is 0.294 e. The first-order chi connectivity index (χ1) is 15.5. The monoisotopic (exact) mass is 448 g/mol. The molecule has 0 aliphatic carbocycles. The van der Waals surface area contributed by atoms with Gasteiger partial charge in [-0.15, -0.1) is 0 Å². The van der Waals surface area contributed by atoms with E-state index in [1.54, 1.807) is 24.3 Å². The summed E-state index contributed by atoms with van der Waals surface area (Å²) < 4.78 is 10.7. The molecule has 0 saturated heterocycles. The standard InChI is InChI=1S/C19H12N8O4S/c28-16(22-12-4-3-5-13-17(12)24-32-23-13)9-25-10-20-18-11(19(25)29)8-21-26(18)14-6-1-2-7-15(14)27(30)31/h1-8,10H,9H2,(H,22,28). The van der Waals surface area contributed by atoms with E-state index in [0.29, 0.717) is 16.7 Å². The molecule has 0 saturated carbocycles. The number of rotatable bonds is 5. The van der Waals surface area contributed by atoms with Gasteiger partial charge >= 0.3 is 0 Å². The number of anilines is 1. The van der Waals surface area contributed by atoms with Gasteiger partial charge in [-0.3, -0.25) is 24.3 Å². The first-order valence-corrected chi connectivity index (χ1v) is 9.94. The zero-order valence-electron chi connectivity index (χ0n) is 16.1. The summed E-state index contributed by atoms with van der Waals surface area (Å²) in [6, 6.07) is 11.2. The molecule has 0 bridgehead atoms. The number of nitrogens with zero attached hydrogens (tertiary/aromatic N) is 7. The van der Waals surface area contributed by atoms with Crippen LogP contribution in [0.4, 0.5) is 11.4 Å². The topological polar surface area (TPSA) is 151 Å². The van der Waals surface area contributed by atoms with Gasteiger partial charge in [0.2, 0.25) is 5.91 Å². The van der Waals surface area contributed by atoms with Gasteiger partial charge in [0.15, 0.2) is 5.65 Å². The van der Waals surface area contributed by atoms with Crippen LogP contribution in [0.5, 0.6) is 0 Å². The van der Waals surface area contributed by atoms with Gasteiger partial charge < -0.3 is 5.32 Å². The highest BCUT2D eigenvalue weighted by Crippen LogP contribution is 2.24.